The number of amides is 1. The van der Waals surface area contributed by atoms with Crippen molar-refractivity contribution >= 4 is 41.1 Å². The van der Waals surface area contributed by atoms with Gasteiger partial charge in [0.15, 0.2) is 0 Å². The number of nitrogens with zero attached hydrogens (tertiary/aromatic N) is 4. The SMILES string of the molecule is Cc1ccc(C(=O)NC2CC2)cc1Nc1nc(N2CCCN(C)CC2)nc(Nc2ccccc2)c1C=N. The smallest absolute Gasteiger partial charge is 0.251 e. The normalized spacial score (nSPS) is 16.1. The van der Waals surface area contributed by atoms with E-state index in [-0.39, 0.29) is 5.91 Å². The second-order valence-electron chi connectivity index (χ2n) is 9.82. The molecule has 1 saturated heterocycles. The van der Waals surface area contributed by atoms with Crippen LogP contribution in [0.3, 0.4) is 0 Å². The van der Waals surface area contributed by atoms with Gasteiger partial charge >= 0.3 is 0 Å². The van der Waals surface area contributed by atoms with E-state index in [9.17, 15) is 4.79 Å². The number of aryl methyl sites for hydroxylation is 1. The van der Waals surface area contributed by atoms with Crippen molar-refractivity contribution < 1.29 is 4.79 Å². The van der Waals surface area contributed by atoms with Gasteiger partial charge in [-0.25, -0.2) is 0 Å². The van der Waals surface area contributed by atoms with Crippen LogP contribution in [-0.4, -0.2) is 66.3 Å². The van der Waals surface area contributed by atoms with Gasteiger partial charge in [-0.1, -0.05) is 24.3 Å². The number of para-hydroxylation sites is 1. The third-order valence-corrected chi connectivity index (χ3v) is 6.78. The number of aromatic nitrogens is 2. The van der Waals surface area contributed by atoms with Crippen LogP contribution in [0.15, 0.2) is 48.5 Å². The van der Waals surface area contributed by atoms with Crippen LogP contribution in [0.5, 0.6) is 0 Å². The summed E-state index contributed by atoms with van der Waals surface area (Å²) in [6.07, 6.45) is 4.37. The first-order valence-corrected chi connectivity index (χ1v) is 12.9. The van der Waals surface area contributed by atoms with E-state index in [1.54, 1.807) is 0 Å². The fourth-order valence-corrected chi connectivity index (χ4v) is 4.35. The highest BCUT2D eigenvalue weighted by Crippen LogP contribution is 2.30. The number of anilines is 5. The first-order chi connectivity index (χ1) is 18.0. The monoisotopic (exact) mass is 498 g/mol. The van der Waals surface area contributed by atoms with E-state index < -0.39 is 0 Å². The van der Waals surface area contributed by atoms with Crippen LogP contribution in [0, 0.1) is 12.3 Å². The molecule has 1 amide bonds. The lowest BCUT2D eigenvalue weighted by atomic mass is 10.1. The molecule has 9 heteroatoms. The highest BCUT2D eigenvalue weighted by Gasteiger charge is 2.24. The molecule has 2 aromatic carbocycles. The zero-order chi connectivity index (χ0) is 25.8. The molecule has 1 aliphatic heterocycles. The molecule has 2 aliphatic rings. The third kappa shape index (κ3) is 6.06. The van der Waals surface area contributed by atoms with Crippen LogP contribution in [0.25, 0.3) is 0 Å². The van der Waals surface area contributed by atoms with E-state index in [1.165, 1.54) is 6.21 Å². The van der Waals surface area contributed by atoms with Crippen LogP contribution in [-0.2, 0) is 0 Å². The second-order valence-corrected chi connectivity index (χ2v) is 9.82. The van der Waals surface area contributed by atoms with Crippen molar-refractivity contribution in [1.82, 2.24) is 20.2 Å². The van der Waals surface area contributed by atoms with Crippen LogP contribution in [0.2, 0.25) is 0 Å². The summed E-state index contributed by atoms with van der Waals surface area (Å²) in [6, 6.07) is 15.7. The maximum Gasteiger partial charge on any atom is 0.251 e. The summed E-state index contributed by atoms with van der Waals surface area (Å²) in [4.78, 5) is 27.0. The van der Waals surface area contributed by atoms with E-state index in [1.807, 2.05) is 55.5 Å². The lowest BCUT2D eigenvalue weighted by molar-refractivity contribution is 0.0951. The van der Waals surface area contributed by atoms with Gasteiger partial charge in [-0.3, -0.25) is 4.79 Å². The van der Waals surface area contributed by atoms with Crippen molar-refractivity contribution in [2.75, 3.05) is 48.8 Å². The summed E-state index contributed by atoms with van der Waals surface area (Å²) in [7, 11) is 2.13. The number of likely N-dealkylation sites (N-methyl/N-ethyl adjacent to an activating group) is 1. The lowest BCUT2D eigenvalue weighted by Crippen LogP contribution is -2.30. The zero-order valence-electron chi connectivity index (χ0n) is 21.4. The molecule has 0 bridgehead atoms. The highest BCUT2D eigenvalue weighted by molar-refractivity contribution is 5.97. The summed E-state index contributed by atoms with van der Waals surface area (Å²) in [6.45, 7) is 5.63. The molecule has 1 saturated carbocycles. The molecule has 1 aliphatic carbocycles. The molecule has 9 nitrogen and oxygen atoms in total. The summed E-state index contributed by atoms with van der Waals surface area (Å²) < 4.78 is 0. The Hall–Kier alpha value is -3.98. The van der Waals surface area contributed by atoms with E-state index in [4.69, 9.17) is 15.4 Å². The van der Waals surface area contributed by atoms with E-state index in [0.29, 0.717) is 34.8 Å². The van der Waals surface area contributed by atoms with Crippen molar-refractivity contribution in [3.63, 3.8) is 0 Å². The Balaban J connectivity index is 1.52. The maximum atomic E-state index is 12.7. The first kappa shape index (κ1) is 24.7. The molecule has 5 rings (SSSR count). The molecule has 3 aromatic rings. The second kappa shape index (κ2) is 11.0. The molecule has 2 heterocycles. The minimum atomic E-state index is -0.0682. The minimum Gasteiger partial charge on any atom is -0.349 e. The minimum absolute atomic E-state index is 0.0682. The molecule has 0 atom stereocenters. The maximum absolute atomic E-state index is 12.7. The van der Waals surface area contributed by atoms with Crippen LogP contribution >= 0.6 is 0 Å². The average molecular weight is 499 g/mol. The van der Waals surface area contributed by atoms with Gasteiger partial charge in [0.25, 0.3) is 5.91 Å². The molecule has 0 unspecified atom stereocenters. The number of nitrogens with one attached hydrogen (secondary N) is 4. The van der Waals surface area contributed by atoms with Gasteiger partial charge < -0.3 is 31.2 Å². The quantitative estimate of drug-likeness (QED) is 0.343. The largest absolute Gasteiger partial charge is 0.349 e. The predicted octanol–water partition coefficient (Wildman–Crippen LogP) is 4.30. The van der Waals surface area contributed by atoms with E-state index in [2.05, 4.69) is 32.8 Å². The summed E-state index contributed by atoms with van der Waals surface area (Å²) in [5.74, 6) is 1.63. The van der Waals surface area contributed by atoms with E-state index >= 15 is 0 Å². The van der Waals surface area contributed by atoms with Gasteiger partial charge in [-0.05, 0) is 69.6 Å². The van der Waals surface area contributed by atoms with Crippen molar-refractivity contribution in [1.29, 1.82) is 5.41 Å². The van der Waals surface area contributed by atoms with Gasteiger partial charge in [-0.15, -0.1) is 0 Å². The predicted molar refractivity (Wildman–Crippen MR) is 149 cm³/mol. The van der Waals surface area contributed by atoms with Crippen LogP contribution in [0.4, 0.5) is 29.0 Å². The Bertz CT molecular complexity index is 1270. The molecule has 192 valence electrons. The van der Waals surface area contributed by atoms with Crippen molar-refractivity contribution in [2.45, 2.75) is 32.2 Å². The number of hydrogen-bond acceptors (Lipinski definition) is 8. The Morgan fingerprint density at radius 3 is 2.49 bits per heavy atom. The third-order valence-electron chi connectivity index (χ3n) is 6.78. The van der Waals surface area contributed by atoms with Gasteiger partial charge in [-0.2, -0.15) is 9.97 Å². The van der Waals surface area contributed by atoms with Gasteiger partial charge in [0, 0.05) is 48.8 Å². The standard InChI is InChI=1S/C28H34N8O/c1-19-9-10-20(27(37)31-22-11-12-22)17-24(19)32-26-23(18-29)25(30-21-7-4-3-5-8-21)33-28(34-26)36-14-6-13-35(2)15-16-36/h3-5,7-10,17-18,22,29H,6,11-16H2,1-2H3,(H,31,37)(H2,30,32,33,34). The van der Waals surface area contributed by atoms with Crippen molar-refractivity contribution in [3.05, 3.63) is 65.2 Å². The molecule has 2 fully saturated rings. The summed E-state index contributed by atoms with van der Waals surface area (Å²) in [5, 5.41) is 18.1. The average Bonchev–Trinajstić information content (AvgIpc) is 3.73. The summed E-state index contributed by atoms with van der Waals surface area (Å²) in [5.41, 5.74) is 3.79. The number of hydrogen-bond donors (Lipinski definition) is 4. The summed E-state index contributed by atoms with van der Waals surface area (Å²) >= 11 is 0. The number of benzene rings is 2. The molecule has 4 N–H and O–H groups in total. The Kier molecular flexibility index (Phi) is 7.32. The van der Waals surface area contributed by atoms with E-state index in [0.717, 1.165) is 62.4 Å². The first-order valence-electron chi connectivity index (χ1n) is 12.9. The molecule has 37 heavy (non-hydrogen) atoms. The molecule has 0 spiro atoms. The lowest BCUT2D eigenvalue weighted by Gasteiger charge is -2.23. The van der Waals surface area contributed by atoms with Crippen LogP contribution < -0.4 is 20.9 Å². The fraction of sp³-hybridized carbons (Fsp3) is 0.357. The molecule has 1 aromatic heterocycles. The fourth-order valence-electron chi connectivity index (χ4n) is 4.35. The topological polar surface area (TPSA) is 109 Å². The van der Waals surface area contributed by atoms with Crippen molar-refractivity contribution in [3.8, 4) is 0 Å². The van der Waals surface area contributed by atoms with Gasteiger partial charge in [0.2, 0.25) is 5.95 Å². The zero-order valence-corrected chi connectivity index (χ0v) is 21.4. The number of rotatable bonds is 8. The molecular formula is C28H34N8O. The van der Waals surface area contributed by atoms with Crippen LogP contribution in [0.1, 0.15) is 40.7 Å². The Morgan fingerprint density at radius 2 is 1.76 bits per heavy atom. The van der Waals surface area contributed by atoms with Crippen molar-refractivity contribution in [2.24, 2.45) is 0 Å². The molecular weight excluding hydrogens is 464 g/mol. The Labute approximate surface area is 217 Å². The Morgan fingerprint density at radius 1 is 1.00 bits per heavy atom. The highest BCUT2D eigenvalue weighted by atomic mass is 16.1. The van der Waals surface area contributed by atoms with Gasteiger partial charge in [0.1, 0.15) is 11.6 Å². The van der Waals surface area contributed by atoms with Gasteiger partial charge in [0.05, 0.1) is 5.56 Å². The number of carbonyl (C=O) groups excluding carboxylic acids is 1. The molecule has 0 radical (unpaired) electrons. The number of carbonyl (C=O) groups is 1.